The molecule has 21 heavy (non-hydrogen) atoms. The minimum Gasteiger partial charge on any atom is -0.317 e. The summed E-state index contributed by atoms with van der Waals surface area (Å²) in [5, 5.41) is 3.45. The van der Waals surface area contributed by atoms with Crippen LogP contribution in [-0.2, 0) is 6.42 Å². The predicted octanol–water partition coefficient (Wildman–Crippen LogP) is 3.13. The van der Waals surface area contributed by atoms with Crippen LogP contribution in [0, 0.1) is 0 Å². The van der Waals surface area contributed by atoms with Crippen LogP contribution in [0.25, 0.3) is 0 Å². The monoisotopic (exact) mass is 290 g/mol. The number of alkyl halides is 1. The maximum atomic E-state index is 13.2. The first-order chi connectivity index (χ1) is 10.3. The van der Waals surface area contributed by atoms with E-state index in [0.29, 0.717) is 0 Å². The van der Waals surface area contributed by atoms with E-state index in [-0.39, 0.29) is 0 Å². The number of hydrogen-bond acceptors (Lipinski definition) is 2. The SMILES string of the molecule is FC1CCN(CCc2ccccc2C2CCNCC2)CC1. The number of hydrogen-bond donors (Lipinski definition) is 1. The molecule has 1 N–H and O–H groups in total. The molecule has 2 saturated heterocycles. The first-order valence-electron chi connectivity index (χ1n) is 8.48. The molecule has 0 aromatic heterocycles. The van der Waals surface area contributed by atoms with Gasteiger partial charge in [-0.1, -0.05) is 24.3 Å². The second-order valence-corrected chi connectivity index (χ2v) is 6.49. The van der Waals surface area contributed by atoms with Gasteiger partial charge in [-0.15, -0.1) is 0 Å². The summed E-state index contributed by atoms with van der Waals surface area (Å²) in [6.07, 6.45) is 4.49. The van der Waals surface area contributed by atoms with Crippen LogP contribution in [0.15, 0.2) is 24.3 Å². The number of likely N-dealkylation sites (tertiary alicyclic amines) is 1. The zero-order valence-corrected chi connectivity index (χ0v) is 12.9. The van der Waals surface area contributed by atoms with Crippen molar-refractivity contribution < 1.29 is 4.39 Å². The van der Waals surface area contributed by atoms with Crippen LogP contribution < -0.4 is 5.32 Å². The van der Waals surface area contributed by atoms with Crippen molar-refractivity contribution in [3.8, 4) is 0 Å². The van der Waals surface area contributed by atoms with Gasteiger partial charge < -0.3 is 10.2 Å². The zero-order chi connectivity index (χ0) is 14.5. The lowest BCUT2D eigenvalue weighted by molar-refractivity contribution is 0.152. The molecule has 2 nitrogen and oxygen atoms in total. The number of rotatable bonds is 4. The number of nitrogens with one attached hydrogen (secondary N) is 1. The van der Waals surface area contributed by atoms with Crippen molar-refractivity contribution in [2.45, 2.75) is 44.2 Å². The first kappa shape index (κ1) is 15.0. The van der Waals surface area contributed by atoms with Crippen molar-refractivity contribution in [2.75, 3.05) is 32.7 Å². The zero-order valence-electron chi connectivity index (χ0n) is 12.9. The lowest BCUT2D eigenvalue weighted by Gasteiger charge is -2.29. The third kappa shape index (κ3) is 4.04. The maximum absolute atomic E-state index is 13.2. The van der Waals surface area contributed by atoms with Crippen molar-refractivity contribution in [1.82, 2.24) is 10.2 Å². The van der Waals surface area contributed by atoms with Crippen molar-refractivity contribution in [3.63, 3.8) is 0 Å². The van der Waals surface area contributed by atoms with Gasteiger partial charge >= 0.3 is 0 Å². The summed E-state index contributed by atoms with van der Waals surface area (Å²) in [6.45, 7) is 5.22. The number of benzene rings is 1. The predicted molar refractivity (Wildman–Crippen MR) is 85.6 cm³/mol. The van der Waals surface area contributed by atoms with E-state index in [1.54, 1.807) is 5.56 Å². The van der Waals surface area contributed by atoms with E-state index in [1.165, 1.54) is 18.4 Å². The Morgan fingerprint density at radius 1 is 1.05 bits per heavy atom. The van der Waals surface area contributed by atoms with Gasteiger partial charge in [-0.05, 0) is 62.2 Å². The first-order valence-corrected chi connectivity index (χ1v) is 8.48. The van der Waals surface area contributed by atoms with E-state index in [1.807, 2.05) is 0 Å². The van der Waals surface area contributed by atoms with Crippen molar-refractivity contribution in [3.05, 3.63) is 35.4 Å². The summed E-state index contributed by atoms with van der Waals surface area (Å²) in [5.41, 5.74) is 3.06. The highest BCUT2D eigenvalue weighted by Gasteiger charge is 2.20. The van der Waals surface area contributed by atoms with E-state index in [2.05, 4.69) is 34.5 Å². The highest BCUT2D eigenvalue weighted by molar-refractivity contribution is 5.31. The molecule has 2 aliphatic rings. The van der Waals surface area contributed by atoms with E-state index >= 15 is 0 Å². The Balaban J connectivity index is 1.59. The fourth-order valence-electron chi connectivity index (χ4n) is 3.70. The summed E-state index contributed by atoms with van der Waals surface area (Å²) in [4.78, 5) is 2.43. The second kappa shape index (κ2) is 7.37. The van der Waals surface area contributed by atoms with Crippen LogP contribution in [0.5, 0.6) is 0 Å². The van der Waals surface area contributed by atoms with Crippen molar-refractivity contribution >= 4 is 0 Å². The van der Waals surface area contributed by atoms with Crippen LogP contribution in [0.2, 0.25) is 0 Å². The normalized spacial score (nSPS) is 22.5. The molecule has 0 aliphatic carbocycles. The van der Waals surface area contributed by atoms with Gasteiger partial charge in [-0.2, -0.15) is 0 Å². The van der Waals surface area contributed by atoms with Gasteiger partial charge in [0, 0.05) is 19.6 Å². The van der Waals surface area contributed by atoms with Crippen LogP contribution in [0.3, 0.4) is 0 Å². The molecule has 3 rings (SSSR count). The Labute approximate surface area is 127 Å². The van der Waals surface area contributed by atoms with Gasteiger partial charge in [-0.25, -0.2) is 4.39 Å². The molecule has 1 aromatic carbocycles. The molecule has 0 amide bonds. The summed E-state index contributed by atoms with van der Waals surface area (Å²) < 4.78 is 13.2. The van der Waals surface area contributed by atoms with Gasteiger partial charge in [-0.3, -0.25) is 0 Å². The molecule has 0 unspecified atom stereocenters. The number of halogens is 1. The van der Waals surface area contributed by atoms with Crippen LogP contribution in [0.1, 0.15) is 42.7 Å². The van der Waals surface area contributed by atoms with E-state index in [9.17, 15) is 4.39 Å². The average Bonchev–Trinajstić information content (AvgIpc) is 2.55. The second-order valence-electron chi connectivity index (χ2n) is 6.49. The van der Waals surface area contributed by atoms with Gasteiger partial charge in [0.25, 0.3) is 0 Å². The van der Waals surface area contributed by atoms with E-state index in [4.69, 9.17) is 0 Å². The topological polar surface area (TPSA) is 15.3 Å². The minimum atomic E-state index is -0.566. The molecule has 0 atom stereocenters. The standard InChI is InChI=1S/C18H27FN2/c19-17-8-13-21(14-9-17)12-7-15-3-1-2-4-18(15)16-5-10-20-11-6-16/h1-4,16-17,20H,5-14H2. The van der Waals surface area contributed by atoms with E-state index in [0.717, 1.165) is 57.9 Å². The molecule has 2 heterocycles. The molecule has 2 fully saturated rings. The summed E-state index contributed by atoms with van der Waals surface area (Å²) in [5.74, 6) is 0.721. The molecule has 2 aliphatic heterocycles. The Kier molecular flexibility index (Phi) is 5.26. The Bertz CT molecular complexity index is 435. The minimum absolute atomic E-state index is 0.566. The maximum Gasteiger partial charge on any atom is 0.103 e. The molecule has 3 heteroatoms. The Morgan fingerprint density at radius 2 is 1.76 bits per heavy atom. The number of piperidine rings is 2. The van der Waals surface area contributed by atoms with Crippen LogP contribution in [0.4, 0.5) is 4.39 Å². The summed E-state index contributed by atoms with van der Waals surface area (Å²) in [6, 6.07) is 8.95. The molecule has 0 saturated carbocycles. The molecule has 0 spiro atoms. The fraction of sp³-hybridized carbons (Fsp3) is 0.667. The van der Waals surface area contributed by atoms with Gasteiger partial charge in [0.15, 0.2) is 0 Å². The van der Waals surface area contributed by atoms with Gasteiger partial charge in [0.2, 0.25) is 0 Å². The van der Waals surface area contributed by atoms with Crippen molar-refractivity contribution in [1.29, 1.82) is 0 Å². The van der Waals surface area contributed by atoms with Crippen LogP contribution >= 0.6 is 0 Å². The van der Waals surface area contributed by atoms with Gasteiger partial charge in [0.1, 0.15) is 6.17 Å². The van der Waals surface area contributed by atoms with Crippen LogP contribution in [-0.4, -0.2) is 43.8 Å². The molecule has 1 aromatic rings. The average molecular weight is 290 g/mol. The number of nitrogens with zero attached hydrogens (tertiary/aromatic N) is 1. The fourth-order valence-corrected chi connectivity index (χ4v) is 3.70. The molecular weight excluding hydrogens is 263 g/mol. The smallest absolute Gasteiger partial charge is 0.103 e. The molecule has 116 valence electrons. The highest BCUT2D eigenvalue weighted by atomic mass is 19.1. The summed E-state index contributed by atoms with van der Waals surface area (Å²) >= 11 is 0. The third-order valence-corrected chi connectivity index (χ3v) is 5.05. The molecule has 0 bridgehead atoms. The lowest BCUT2D eigenvalue weighted by atomic mass is 9.86. The van der Waals surface area contributed by atoms with Gasteiger partial charge in [0.05, 0.1) is 0 Å². The molecular formula is C18H27FN2. The van der Waals surface area contributed by atoms with Crippen molar-refractivity contribution in [2.24, 2.45) is 0 Å². The third-order valence-electron chi connectivity index (χ3n) is 5.05. The Morgan fingerprint density at radius 3 is 2.52 bits per heavy atom. The quantitative estimate of drug-likeness (QED) is 0.916. The lowest BCUT2D eigenvalue weighted by Crippen LogP contribution is -2.36. The Hall–Kier alpha value is -0.930. The molecule has 0 radical (unpaired) electrons. The largest absolute Gasteiger partial charge is 0.317 e. The van der Waals surface area contributed by atoms with E-state index < -0.39 is 6.17 Å². The highest BCUT2D eigenvalue weighted by Crippen LogP contribution is 2.28. The summed E-state index contributed by atoms with van der Waals surface area (Å²) in [7, 11) is 0.